The van der Waals surface area contributed by atoms with Crippen molar-refractivity contribution in [2.75, 3.05) is 13.1 Å². The molecule has 1 aliphatic rings. The van der Waals surface area contributed by atoms with Crippen molar-refractivity contribution in [2.45, 2.75) is 35.7 Å². The van der Waals surface area contributed by atoms with Gasteiger partial charge >= 0.3 is 6.18 Å². The standard InChI is InChI=1S/C32H26Cl2F3N3O2S/c33-25-9-4-20(5-10-25)30(21-6-11-26(34)12-7-21)23-8-13-29-28(18-23)31(39-38-29)22-14-16-40(17-15-22)43(41,42)27-3-1-2-24(19-27)32(35,36)37/h1-13,18-19,22,30H,14-17H2,(H,38,39). The number of hydrogen-bond acceptors (Lipinski definition) is 3. The Hall–Kier alpha value is -3.37. The Balaban J connectivity index is 1.28. The fourth-order valence-electron chi connectivity index (χ4n) is 5.79. The Morgan fingerprint density at radius 1 is 0.814 bits per heavy atom. The minimum Gasteiger partial charge on any atom is -0.281 e. The zero-order chi connectivity index (χ0) is 30.4. The summed E-state index contributed by atoms with van der Waals surface area (Å²) in [6.07, 6.45) is -3.63. The van der Waals surface area contributed by atoms with E-state index in [1.54, 1.807) is 0 Å². The molecule has 222 valence electrons. The molecule has 0 spiro atoms. The minimum absolute atomic E-state index is 0.00211. The number of aromatic amines is 1. The summed E-state index contributed by atoms with van der Waals surface area (Å²) in [4.78, 5) is -0.354. The van der Waals surface area contributed by atoms with Gasteiger partial charge in [0.2, 0.25) is 10.0 Å². The molecule has 11 heteroatoms. The first-order valence-corrected chi connectivity index (χ1v) is 15.9. The van der Waals surface area contributed by atoms with Gasteiger partial charge in [0.15, 0.2) is 0 Å². The molecular weight excluding hydrogens is 618 g/mol. The predicted octanol–water partition coefficient (Wildman–Crippen LogP) is 8.64. The molecule has 0 unspecified atom stereocenters. The van der Waals surface area contributed by atoms with Crippen molar-refractivity contribution >= 4 is 44.1 Å². The largest absolute Gasteiger partial charge is 0.416 e. The van der Waals surface area contributed by atoms with Gasteiger partial charge in [0.1, 0.15) is 0 Å². The highest BCUT2D eigenvalue weighted by Gasteiger charge is 2.35. The lowest BCUT2D eigenvalue weighted by molar-refractivity contribution is -0.137. The molecular formula is C32H26Cl2F3N3O2S. The highest BCUT2D eigenvalue weighted by atomic mass is 35.5. The van der Waals surface area contributed by atoms with Crippen molar-refractivity contribution in [1.82, 2.24) is 14.5 Å². The fourth-order valence-corrected chi connectivity index (χ4v) is 7.56. The number of halogens is 5. The molecule has 0 saturated carbocycles. The Bertz CT molecular complexity index is 1820. The van der Waals surface area contributed by atoms with Gasteiger partial charge in [-0.25, -0.2) is 8.42 Å². The number of nitrogens with zero attached hydrogens (tertiary/aromatic N) is 2. The molecule has 5 aromatic rings. The second-order valence-corrected chi connectivity index (χ2v) is 13.5. The topological polar surface area (TPSA) is 66.1 Å². The monoisotopic (exact) mass is 643 g/mol. The van der Waals surface area contributed by atoms with E-state index in [9.17, 15) is 21.6 Å². The molecule has 4 aromatic carbocycles. The third-order valence-electron chi connectivity index (χ3n) is 8.01. The van der Waals surface area contributed by atoms with Gasteiger partial charge in [0.05, 0.1) is 16.0 Å². The van der Waals surface area contributed by atoms with E-state index in [1.807, 2.05) is 60.7 Å². The summed E-state index contributed by atoms with van der Waals surface area (Å²) in [7, 11) is -4.08. The zero-order valence-corrected chi connectivity index (χ0v) is 25.0. The summed E-state index contributed by atoms with van der Waals surface area (Å²) in [5.74, 6) is -0.0983. The molecule has 43 heavy (non-hydrogen) atoms. The second kappa shape index (κ2) is 11.6. The molecule has 1 aromatic heterocycles. The molecule has 1 saturated heterocycles. The molecule has 0 radical (unpaired) electrons. The van der Waals surface area contributed by atoms with Gasteiger partial charge in [0, 0.05) is 46.1 Å². The highest BCUT2D eigenvalue weighted by Crippen LogP contribution is 2.38. The van der Waals surface area contributed by atoms with Crippen LogP contribution in [0, 0.1) is 0 Å². The third-order valence-corrected chi connectivity index (χ3v) is 10.4. The van der Waals surface area contributed by atoms with Crippen molar-refractivity contribution in [3.8, 4) is 0 Å². The highest BCUT2D eigenvalue weighted by molar-refractivity contribution is 7.89. The van der Waals surface area contributed by atoms with Crippen LogP contribution in [0.1, 0.15) is 52.6 Å². The Morgan fingerprint density at radius 2 is 1.40 bits per heavy atom. The van der Waals surface area contributed by atoms with Crippen LogP contribution < -0.4 is 0 Å². The predicted molar refractivity (Wildman–Crippen MR) is 162 cm³/mol. The number of hydrogen-bond donors (Lipinski definition) is 1. The van der Waals surface area contributed by atoms with Gasteiger partial charge in [-0.15, -0.1) is 0 Å². The third kappa shape index (κ3) is 6.04. The van der Waals surface area contributed by atoms with Crippen LogP contribution in [0.25, 0.3) is 10.9 Å². The van der Waals surface area contributed by atoms with E-state index < -0.39 is 21.8 Å². The van der Waals surface area contributed by atoms with Crippen LogP contribution in [0.4, 0.5) is 13.2 Å². The minimum atomic E-state index is -4.63. The lowest BCUT2D eigenvalue weighted by Gasteiger charge is -2.31. The average Bonchev–Trinajstić information content (AvgIpc) is 3.42. The molecule has 0 amide bonds. The number of alkyl halides is 3. The molecule has 1 fully saturated rings. The van der Waals surface area contributed by atoms with Crippen LogP contribution in [0.15, 0.2) is 95.9 Å². The van der Waals surface area contributed by atoms with Gasteiger partial charge < -0.3 is 0 Å². The maximum absolute atomic E-state index is 13.2. The van der Waals surface area contributed by atoms with E-state index in [4.69, 9.17) is 23.2 Å². The summed E-state index contributed by atoms with van der Waals surface area (Å²) in [5.41, 5.74) is 3.89. The van der Waals surface area contributed by atoms with Crippen LogP contribution >= 0.6 is 23.2 Å². The van der Waals surface area contributed by atoms with Crippen molar-refractivity contribution in [1.29, 1.82) is 0 Å². The normalized spacial score (nSPS) is 15.4. The Labute approximate surface area is 257 Å². The number of sulfonamides is 1. The number of nitrogens with one attached hydrogen (secondary N) is 1. The quantitative estimate of drug-likeness (QED) is 0.188. The molecule has 1 N–H and O–H groups in total. The summed E-state index contributed by atoms with van der Waals surface area (Å²) in [6.45, 7) is 0.364. The van der Waals surface area contributed by atoms with Crippen LogP contribution in [0.3, 0.4) is 0 Å². The van der Waals surface area contributed by atoms with Crippen molar-refractivity contribution < 1.29 is 21.6 Å². The van der Waals surface area contributed by atoms with E-state index >= 15 is 0 Å². The van der Waals surface area contributed by atoms with E-state index in [2.05, 4.69) is 16.3 Å². The number of benzene rings is 4. The Morgan fingerprint density at radius 3 is 1.98 bits per heavy atom. The van der Waals surface area contributed by atoms with Crippen molar-refractivity contribution in [2.24, 2.45) is 0 Å². The number of aromatic nitrogens is 2. The number of fused-ring (bicyclic) bond motifs is 1. The fraction of sp³-hybridized carbons (Fsp3) is 0.219. The smallest absolute Gasteiger partial charge is 0.281 e. The number of piperidine rings is 1. The van der Waals surface area contributed by atoms with E-state index in [0.29, 0.717) is 29.0 Å². The number of rotatable bonds is 6. The van der Waals surface area contributed by atoms with Crippen LogP contribution in [-0.2, 0) is 16.2 Å². The average molecular weight is 645 g/mol. The van der Waals surface area contributed by atoms with Gasteiger partial charge in [-0.3, -0.25) is 5.10 Å². The van der Waals surface area contributed by atoms with Crippen LogP contribution in [-0.4, -0.2) is 36.0 Å². The second-order valence-electron chi connectivity index (χ2n) is 10.7. The first kappa shape index (κ1) is 29.7. The summed E-state index contributed by atoms with van der Waals surface area (Å²) < 4.78 is 67.3. The number of H-pyrrole nitrogens is 1. The first-order chi connectivity index (χ1) is 20.5. The molecule has 1 aliphatic heterocycles. The molecule has 6 rings (SSSR count). The van der Waals surface area contributed by atoms with Crippen molar-refractivity contribution in [3.63, 3.8) is 0 Å². The van der Waals surface area contributed by atoms with Gasteiger partial charge in [-0.05, 0) is 84.1 Å². The molecule has 5 nitrogen and oxygen atoms in total. The van der Waals surface area contributed by atoms with E-state index in [0.717, 1.165) is 45.4 Å². The zero-order valence-electron chi connectivity index (χ0n) is 22.7. The molecule has 2 heterocycles. The van der Waals surface area contributed by atoms with Crippen LogP contribution in [0.2, 0.25) is 10.0 Å². The molecule has 0 aliphatic carbocycles. The van der Waals surface area contributed by atoms with Crippen molar-refractivity contribution in [3.05, 3.63) is 129 Å². The lowest BCUT2D eigenvalue weighted by Crippen LogP contribution is -2.38. The maximum Gasteiger partial charge on any atom is 0.416 e. The maximum atomic E-state index is 13.2. The first-order valence-electron chi connectivity index (χ1n) is 13.7. The summed E-state index contributed by atoms with van der Waals surface area (Å²) >= 11 is 12.4. The van der Waals surface area contributed by atoms with Gasteiger partial charge in [-0.2, -0.15) is 22.6 Å². The van der Waals surface area contributed by atoms with Gasteiger partial charge in [-0.1, -0.05) is 59.6 Å². The van der Waals surface area contributed by atoms with Gasteiger partial charge in [0.25, 0.3) is 0 Å². The lowest BCUT2D eigenvalue weighted by atomic mass is 9.84. The SMILES string of the molecule is O=S(=O)(c1cccc(C(F)(F)F)c1)N1CCC(c2[nH]nc3ccc(C(c4ccc(Cl)cc4)c4ccc(Cl)cc4)cc23)CC1. The summed E-state index contributed by atoms with van der Waals surface area (Å²) in [5, 5.41) is 9.93. The van der Waals surface area contributed by atoms with E-state index in [1.165, 1.54) is 10.4 Å². The summed E-state index contributed by atoms with van der Waals surface area (Å²) in [6, 6.07) is 25.5. The molecule has 0 bridgehead atoms. The Kier molecular flexibility index (Phi) is 8.02. The molecule has 0 atom stereocenters. The van der Waals surface area contributed by atoms with Crippen LogP contribution in [0.5, 0.6) is 0 Å². The van der Waals surface area contributed by atoms with E-state index in [-0.39, 0.29) is 29.8 Å².